The molecule has 1 saturated heterocycles. The van der Waals surface area contributed by atoms with E-state index in [1.807, 2.05) is 18.2 Å². The molecule has 33 heavy (non-hydrogen) atoms. The molecule has 1 unspecified atom stereocenters. The van der Waals surface area contributed by atoms with Crippen LogP contribution in [-0.4, -0.2) is 65.3 Å². The number of aromatic nitrogens is 1. The lowest BCUT2D eigenvalue weighted by atomic mass is 9.79. The van der Waals surface area contributed by atoms with Gasteiger partial charge < -0.3 is 15.3 Å². The van der Waals surface area contributed by atoms with Gasteiger partial charge in [-0.3, -0.25) is 9.69 Å². The topological polar surface area (TPSA) is 68.7 Å². The van der Waals surface area contributed by atoms with E-state index < -0.39 is 5.60 Å². The number of amides is 1. The molecular weight excluding hydrogens is 436 g/mol. The molecule has 1 aromatic carbocycles. The number of rotatable bonds is 6. The van der Waals surface area contributed by atoms with E-state index >= 15 is 0 Å². The van der Waals surface area contributed by atoms with Crippen LogP contribution in [0.4, 0.5) is 5.82 Å². The number of pyridine rings is 1. The molecule has 0 spiro atoms. The lowest BCUT2D eigenvalue weighted by Gasteiger charge is -2.35. The van der Waals surface area contributed by atoms with Crippen molar-refractivity contribution in [3.8, 4) is 0 Å². The summed E-state index contributed by atoms with van der Waals surface area (Å²) in [6, 6.07) is 8.59. The Labute approximate surface area is 202 Å². The molecule has 2 N–H and O–H groups in total. The minimum Gasteiger partial charge on any atom is -0.388 e. The second-order valence-corrected chi connectivity index (χ2v) is 10.8. The fourth-order valence-electron chi connectivity index (χ4n) is 5.40. The molecule has 1 amide bonds. The number of nitrogens with zero attached hydrogens (tertiary/aromatic N) is 3. The first-order valence-corrected chi connectivity index (χ1v) is 12.6. The number of carbonyl (C=O) groups excluding carboxylic acids is 1. The third kappa shape index (κ3) is 5.28. The number of fused-ring (bicyclic) bond motifs is 1. The lowest BCUT2D eigenvalue weighted by molar-refractivity contribution is -0.0109. The van der Waals surface area contributed by atoms with Gasteiger partial charge in [-0.25, -0.2) is 4.98 Å². The van der Waals surface area contributed by atoms with Crippen molar-refractivity contribution >= 4 is 34.2 Å². The van der Waals surface area contributed by atoms with Crippen molar-refractivity contribution in [3.63, 3.8) is 0 Å². The van der Waals surface area contributed by atoms with Crippen LogP contribution in [0.3, 0.4) is 0 Å². The van der Waals surface area contributed by atoms with Crippen molar-refractivity contribution in [2.24, 2.45) is 5.92 Å². The zero-order valence-corrected chi connectivity index (χ0v) is 21.0. The van der Waals surface area contributed by atoms with Crippen LogP contribution in [0.2, 0.25) is 5.02 Å². The summed E-state index contributed by atoms with van der Waals surface area (Å²) in [6.07, 6.45) is 4.66. The highest BCUT2D eigenvalue weighted by Gasteiger charge is 2.33. The van der Waals surface area contributed by atoms with Gasteiger partial charge in [0.25, 0.3) is 5.91 Å². The summed E-state index contributed by atoms with van der Waals surface area (Å²) in [6.45, 7) is 8.76. The summed E-state index contributed by atoms with van der Waals surface area (Å²) in [5, 5.41) is 15.0. The maximum atomic E-state index is 13.1. The molecule has 1 aromatic heterocycles. The predicted octanol–water partition coefficient (Wildman–Crippen LogP) is 4.48. The number of anilines is 1. The minimum absolute atomic E-state index is 0.243. The van der Waals surface area contributed by atoms with Crippen molar-refractivity contribution < 1.29 is 9.90 Å². The van der Waals surface area contributed by atoms with Crippen LogP contribution >= 0.6 is 11.6 Å². The fourth-order valence-corrected chi connectivity index (χ4v) is 5.65. The number of likely N-dealkylation sites (N-methyl/N-ethyl adjacent to an activating group) is 1. The van der Waals surface area contributed by atoms with Crippen LogP contribution in [0.5, 0.6) is 0 Å². The summed E-state index contributed by atoms with van der Waals surface area (Å²) in [5.74, 6) is 1.14. The van der Waals surface area contributed by atoms with Crippen molar-refractivity contribution in [3.05, 3.63) is 34.9 Å². The molecule has 2 aliphatic rings. The molecule has 2 aromatic rings. The molecule has 180 valence electrons. The highest BCUT2D eigenvalue weighted by molar-refractivity contribution is 6.35. The van der Waals surface area contributed by atoms with E-state index in [1.54, 1.807) is 6.07 Å². The molecule has 6 nitrogen and oxygen atoms in total. The number of carbonyl (C=O) groups is 1. The predicted molar refractivity (Wildman–Crippen MR) is 135 cm³/mol. The van der Waals surface area contributed by atoms with Crippen LogP contribution in [0, 0.1) is 5.92 Å². The Morgan fingerprint density at radius 3 is 2.85 bits per heavy atom. The Balaban J connectivity index is 1.51. The van der Waals surface area contributed by atoms with E-state index in [-0.39, 0.29) is 12.5 Å². The van der Waals surface area contributed by atoms with Gasteiger partial charge in [0.1, 0.15) is 5.82 Å². The zero-order valence-electron chi connectivity index (χ0n) is 20.3. The number of aliphatic hydroxyl groups is 1. The SMILES string of the molecule is CC(C)N(C)C1CCN(c2ccc3c(C(=O)NC[C@@]4(O)CCC[C@@H](C)C4)c(Cl)ccc3n2)C1. The Bertz CT molecular complexity index is 1010. The van der Waals surface area contributed by atoms with Gasteiger partial charge in [0.15, 0.2) is 0 Å². The van der Waals surface area contributed by atoms with Gasteiger partial charge in [-0.05, 0) is 70.3 Å². The molecule has 1 aliphatic heterocycles. The Kier molecular flexibility index (Phi) is 7.18. The van der Waals surface area contributed by atoms with Crippen LogP contribution < -0.4 is 10.2 Å². The van der Waals surface area contributed by atoms with E-state index in [0.29, 0.717) is 41.4 Å². The monoisotopic (exact) mass is 472 g/mol. The second kappa shape index (κ2) is 9.77. The molecule has 2 fully saturated rings. The molecule has 7 heteroatoms. The maximum Gasteiger partial charge on any atom is 0.253 e. The summed E-state index contributed by atoms with van der Waals surface area (Å²) >= 11 is 6.46. The van der Waals surface area contributed by atoms with Gasteiger partial charge in [0.2, 0.25) is 0 Å². The number of hydrogen-bond acceptors (Lipinski definition) is 5. The lowest BCUT2D eigenvalue weighted by Crippen LogP contribution is -2.45. The largest absolute Gasteiger partial charge is 0.388 e. The smallest absolute Gasteiger partial charge is 0.253 e. The third-order valence-corrected chi connectivity index (χ3v) is 7.87. The van der Waals surface area contributed by atoms with E-state index in [4.69, 9.17) is 16.6 Å². The first kappa shape index (κ1) is 24.2. The summed E-state index contributed by atoms with van der Waals surface area (Å²) in [5.41, 5.74) is 0.345. The molecule has 1 aliphatic carbocycles. The average Bonchev–Trinajstić information content (AvgIpc) is 3.26. The Morgan fingerprint density at radius 2 is 2.12 bits per heavy atom. The highest BCUT2D eigenvalue weighted by Crippen LogP contribution is 2.33. The van der Waals surface area contributed by atoms with Crippen LogP contribution in [0.25, 0.3) is 10.9 Å². The average molecular weight is 473 g/mol. The second-order valence-electron chi connectivity index (χ2n) is 10.4. The summed E-state index contributed by atoms with van der Waals surface area (Å²) in [7, 11) is 2.18. The van der Waals surface area contributed by atoms with E-state index in [1.165, 1.54) is 0 Å². The zero-order chi connectivity index (χ0) is 23.8. The van der Waals surface area contributed by atoms with E-state index in [9.17, 15) is 9.90 Å². The molecule has 3 atom stereocenters. The standard InChI is InChI=1S/C26H37ClN4O2/c1-17(2)30(4)19-11-13-31(15-19)23-10-7-20-22(29-23)9-8-21(27)24(20)25(32)28-16-26(33)12-5-6-18(3)14-26/h7-10,17-19,33H,5-6,11-16H2,1-4H3,(H,28,32)/t18-,19?,26-/m1/s1. The van der Waals surface area contributed by atoms with Crippen LogP contribution in [-0.2, 0) is 0 Å². The first-order valence-electron chi connectivity index (χ1n) is 12.2. The van der Waals surface area contributed by atoms with Crippen LogP contribution in [0.1, 0.15) is 63.2 Å². The quantitative estimate of drug-likeness (QED) is 0.648. The number of halogens is 1. The molecule has 0 radical (unpaired) electrons. The van der Waals surface area contributed by atoms with Gasteiger partial charge in [-0.1, -0.05) is 31.4 Å². The Morgan fingerprint density at radius 1 is 1.33 bits per heavy atom. The van der Waals surface area contributed by atoms with Gasteiger partial charge in [-0.2, -0.15) is 0 Å². The fraction of sp³-hybridized carbons (Fsp3) is 0.615. The maximum absolute atomic E-state index is 13.1. The third-order valence-electron chi connectivity index (χ3n) is 7.56. The molecule has 4 rings (SSSR count). The molecule has 0 bridgehead atoms. The van der Waals surface area contributed by atoms with Crippen molar-refractivity contribution in [2.75, 3.05) is 31.6 Å². The number of nitrogens with one attached hydrogen (secondary N) is 1. The van der Waals surface area contributed by atoms with Crippen molar-refractivity contribution in [2.45, 2.75) is 70.6 Å². The van der Waals surface area contributed by atoms with Gasteiger partial charge >= 0.3 is 0 Å². The Hall–Kier alpha value is -1.89. The van der Waals surface area contributed by atoms with Crippen molar-refractivity contribution in [1.29, 1.82) is 0 Å². The number of hydrogen-bond donors (Lipinski definition) is 2. The van der Waals surface area contributed by atoms with Gasteiger partial charge in [0.05, 0.1) is 21.7 Å². The highest BCUT2D eigenvalue weighted by atomic mass is 35.5. The van der Waals surface area contributed by atoms with Crippen LogP contribution in [0.15, 0.2) is 24.3 Å². The van der Waals surface area contributed by atoms with Gasteiger partial charge in [-0.15, -0.1) is 0 Å². The normalized spacial score (nSPS) is 25.9. The summed E-state index contributed by atoms with van der Waals surface area (Å²) < 4.78 is 0. The first-order chi connectivity index (χ1) is 15.7. The number of benzene rings is 1. The molecular formula is C26H37ClN4O2. The van der Waals surface area contributed by atoms with E-state index in [2.05, 4.69) is 42.9 Å². The van der Waals surface area contributed by atoms with Crippen molar-refractivity contribution in [1.82, 2.24) is 15.2 Å². The summed E-state index contributed by atoms with van der Waals surface area (Å²) in [4.78, 5) is 22.7. The molecule has 1 saturated carbocycles. The van der Waals surface area contributed by atoms with Gasteiger partial charge in [0, 0.05) is 37.1 Å². The minimum atomic E-state index is -0.842. The molecule has 2 heterocycles. The van der Waals surface area contributed by atoms with E-state index in [0.717, 1.165) is 49.1 Å².